The largest absolute Gasteiger partial charge is 0.489 e. The van der Waals surface area contributed by atoms with Gasteiger partial charge >= 0.3 is 0 Å². The second-order valence-electron chi connectivity index (χ2n) is 2.74. The predicted molar refractivity (Wildman–Crippen MR) is 49.0 cm³/mol. The van der Waals surface area contributed by atoms with Gasteiger partial charge in [-0.15, -0.1) is 0 Å². The summed E-state index contributed by atoms with van der Waals surface area (Å²) in [5.41, 5.74) is 5.89. The van der Waals surface area contributed by atoms with Crippen molar-refractivity contribution in [2.24, 2.45) is 5.73 Å². The molecule has 0 aromatic carbocycles. The van der Waals surface area contributed by atoms with Gasteiger partial charge in [-0.2, -0.15) is 0 Å². The van der Waals surface area contributed by atoms with Crippen LogP contribution in [0.2, 0.25) is 0 Å². The maximum atomic E-state index is 11.8. The second-order valence-corrected chi connectivity index (χ2v) is 2.74. The molecule has 1 rings (SSSR count). The summed E-state index contributed by atoms with van der Waals surface area (Å²) < 4.78 is 16.7. The van der Waals surface area contributed by atoms with Crippen LogP contribution in [-0.2, 0) is 0 Å². The first-order chi connectivity index (χ1) is 6.65. The number of rotatable bonds is 4. The Morgan fingerprint density at radius 3 is 2.93 bits per heavy atom. The summed E-state index contributed by atoms with van der Waals surface area (Å²) in [6, 6.07) is 1.60. The molecule has 1 aromatic rings. The molecular formula is C9H11FN2O2. The van der Waals surface area contributed by atoms with E-state index in [0.29, 0.717) is 11.3 Å². The molecule has 0 radical (unpaired) electrons. The summed E-state index contributed by atoms with van der Waals surface area (Å²) in [4.78, 5) is 14.6. The van der Waals surface area contributed by atoms with E-state index in [1.54, 1.807) is 13.0 Å². The average Bonchev–Trinajstić information content (AvgIpc) is 2.14. The second kappa shape index (κ2) is 4.55. The molecular weight excluding hydrogens is 187 g/mol. The van der Waals surface area contributed by atoms with Crippen molar-refractivity contribution in [1.29, 1.82) is 0 Å². The van der Waals surface area contributed by atoms with Crippen molar-refractivity contribution >= 4 is 5.91 Å². The summed E-state index contributed by atoms with van der Waals surface area (Å²) >= 11 is 0. The van der Waals surface area contributed by atoms with Crippen LogP contribution in [0.5, 0.6) is 5.75 Å². The molecule has 5 heteroatoms. The summed E-state index contributed by atoms with van der Waals surface area (Å²) in [5.74, 6) is -0.148. The molecule has 14 heavy (non-hydrogen) atoms. The fourth-order valence-electron chi connectivity index (χ4n) is 1.04. The molecule has 1 amide bonds. The van der Waals surface area contributed by atoms with Crippen molar-refractivity contribution in [3.63, 3.8) is 0 Å². The summed E-state index contributed by atoms with van der Waals surface area (Å²) in [5, 5.41) is 0. The Labute approximate surface area is 80.9 Å². The van der Waals surface area contributed by atoms with Gasteiger partial charge in [0.1, 0.15) is 24.7 Å². The minimum atomic E-state index is -0.584. The molecule has 0 aliphatic heterocycles. The highest BCUT2D eigenvalue weighted by atomic mass is 19.1. The Balaban J connectivity index is 2.83. The van der Waals surface area contributed by atoms with Gasteiger partial charge in [0.15, 0.2) is 0 Å². The van der Waals surface area contributed by atoms with Gasteiger partial charge in [-0.3, -0.25) is 4.79 Å². The van der Waals surface area contributed by atoms with Crippen molar-refractivity contribution in [3.05, 3.63) is 23.5 Å². The van der Waals surface area contributed by atoms with Crippen LogP contribution in [0.4, 0.5) is 4.39 Å². The third-order valence-corrected chi connectivity index (χ3v) is 1.63. The zero-order valence-corrected chi connectivity index (χ0v) is 7.79. The zero-order chi connectivity index (χ0) is 10.6. The highest BCUT2D eigenvalue weighted by Gasteiger charge is 2.07. The molecule has 0 atom stereocenters. The van der Waals surface area contributed by atoms with Gasteiger partial charge in [0.25, 0.3) is 5.91 Å². The number of aryl methyl sites for hydroxylation is 1. The van der Waals surface area contributed by atoms with Crippen LogP contribution in [0.25, 0.3) is 0 Å². The molecule has 1 heterocycles. The quantitative estimate of drug-likeness (QED) is 0.779. The number of hydrogen-bond acceptors (Lipinski definition) is 3. The van der Waals surface area contributed by atoms with E-state index in [4.69, 9.17) is 10.5 Å². The first-order valence-corrected chi connectivity index (χ1v) is 4.10. The molecule has 0 bridgehead atoms. The topological polar surface area (TPSA) is 65.2 Å². The van der Waals surface area contributed by atoms with E-state index in [-0.39, 0.29) is 12.3 Å². The van der Waals surface area contributed by atoms with Gasteiger partial charge in [0, 0.05) is 0 Å². The van der Waals surface area contributed by atoms with E-state index in [1.165, 1.54) is 6.20 Å². The number of pyridine rings is 1. The third kappa shape index (κ3) is 2.42. The van der Waals surface area contributed by atoms with E-state index in [9.17, 15) is 9.18 Å². The Morgan fingerprint density at radius 1 is 1.71 bits per heavy atom. The number of hydrogen-bond donors (Lipinski definition) is 1. The number of aromatic nitrogens is 1. The number of primary amides is 1. The van der Waals surface area contributed by atoms with Crippen LogP contribution >= 0.6 is 0 Å². The minimum absolute atomic E-state index is 0.0168. The number of carbonyl (C=O) groups excluding carboxylic acids is 1. The lowest BCUT2D eigenvalue weighted by Gasteiger charge is -2.05. The highest BCUT2D eigenvalue weighted by molar-refractivity contribution is 5.92. The van der Waals surface area contributed by atoms with Crippen molar-refractivity contribution in [1.82, 2.24) is 4.98 Å². The zero-order valence-electron chi connectivity index (χ0n) is 7.79. The molecule has 0 spiro atoms. The van der Waals surface area contributed by atoms with Gasteiger partial charge in [-0.05, 0) is 18.6 Å². The van der Waals surface area contributed by atoms with Crippen LogP contribution < -0.4 is 10.5 Å². The maximum absolute atomic E-state index is 11.8. The Bertz CT molecular complexity index is 342. The molecule has 1 aromatic heterocycles. The Morgan fingerprint density at radius 2 is 2.43 bits per heavy atom. The first kappa shape index (κ1) is 10.4. The number of amides is 1. The van der Waals surface area contributed by atoms with E-state index in [2.05, 4.69) is 4.98 Å². The van der Waals surface area contributed by atoms with Gasteiger partial charge in [-0.25, -0.2) is 9.37 Å². The monoisotopic (exact) mass is 198 g/mol. The summed E-state index contributed by atoms with van der Waals surface area (Å²) in [7, 11) is 0. The normalized spacial score (nSPS) is 9.86. The van der Waals surface area contributed by atoms with E-state index in [1.807, 2.05) is 0 Å². The summed E-state index contributed by atoms with van der Waals surface area (Å²) in [6.07, 6.45) is 1.35. The van der Waals surface area contributed by atoms with E-state index < -0.39 is 12.6 Å². The Kier molecular flexibility index (Phi) is 3.39. The summed E-state index contributed by atoms with van der Waals surface area (Å²) in [6.45, 7) is 1.11. The van der Waals surface area contributed by atoms with E-state index in [0.717, 1.165) is 0 Å². The fraction of sp³-hybridized carbons (Fsp3) is 0.333. The third-order valence-electron chi connectivity index (χ3n) is 1.63. The number of halogens is 1. The van der Waals surface area contributed by atoms with Crippen LogP contribution in [-0.4, -0.2) is 24.2 Å². The SMILES string of the molecule is Cc1cc(OCCF)cnc1C(N)=O. The lowest BCUT2D eigenvalue weighted by molar-refractivity contribution is 0.0995. The van der Waals surface area contributed by atoms with Crippen molar-refractivity contribution < 1.29 is 13.9 Å². The standard InChI is InChI=1S/C9H11FN2O2/c1-6-4-7(14-3-2-10)5-12-8(6)9(11)13/h4-5H,2-3H2,1H3,(H2,11,13). The molecule has 4 nitrogen and oxygen atoms in total. The van der Waals surface area contributed by atoms with Gasteiger partial charge < -0.3 is 10.5 Å². The minimum Gasteiger partial charge on any atom is -0.489 e. The number of alkyl halides is 1. The van der Waals surface area contributed by atoms with E-state index >= 15 is 0 Å². The van der Waals surface area contributed by atoms with Crippen molar-refractivity contribution in [2.75, 3.05) is 13.3 Å². The predicted octanol–water partition coefficient (Wildman–Crippen LogP) is 0.837. The molecule has 0 unspecified atom stereocenters. The Hall–Kier alpha value is -1.65. The lowest BCUT2D eigenvalue weighted by Crippen LogP contribution is -2.14. The molecule has 76 valence electrons. The number of carbonyl (C=O) groups is 1. The number of nitrogens with two attached hydrogens (primary N) is 1. The van der Waals surface area contributed by atoms with Gasteiger partial charge in [0.2, 0.25) is 0 Å². The van der Waals surface area contributed by atoms with Gasteiger partial charge in [-0.1, -0.05) is 0 Å². The van der Waals surface area contributed by atoms with Crippen molar-refractivity contribution in [3.8, 4) is 5.75 Å². The smallest absolute Gasteiger partial charge is 0.267 e. The molecule has 2 N–H and O–H groups in total. The fourth-order valence-corrected chi connectivity index (χ4v) is 1.04. The first-order valence-electron chi connectivity index (χ1n) is 4.10. The van der Waals surface area contributed by atoms with Crippen molar-refractivity contribution in [2.45, 2.75) is 6.92 Å². The molecule has 0 saturated carbocycles. The molecule has 0 fully saturated rings. The van der Waals surface area contributed by atoms with Crippen LogP contribution in [0.15, 0.2) is 12.3 Å². The van der Waals surface area contributed by atoms with Gasteiger partial charge in [0.05, 0.1) is 6.20 Å². The molecule has 0 aliphatic rings. The maximum Gasteiger partial charge on any atom is 0.267 e. The van der Waals surface area contributed by atoms with Crippen LogP contribution in [0.1, 0.15) is 16.1 Å². The number of nitrogens with zero attached hydrogens (tertiary/aromatic N) is 1. The highest BCUT2D eigenvalue weighted by Crippen LogP contribution is 2.13. The number of ether oxygens (including phenoxy) is 1. The lowest BCUT2D eigenvalue weighted by atomic mass is 10.2. The molecule has 0 saturated heterocycles. The average molecular weight is 198 g/mol. The van der Waals surface area contributed by atoms with Crippen LogP contribution in [0, 0.1) is 6.92 Å². The van der Waals surface area contributed by atoms with Crippen LogP contribution in [0.3, 0.4) is 0 Å². The molecule has 0 aliphatic carbocycles.